The van der Waals surface area contributed by atoms with Crippen LogP contribution in [0.1, 0.15) is 109 Å². The molecule has 3 rings (SSSR count). The van der Waals surface area contributed by atoms with Crippen molar-refractivity contribution < 1.29 is 4.84 Å². The maximum atomic E-state index is 6.89. The van der Waals surface area contributed by atoms with Gasteiger partial charge in [0.1, 0.15) is 6.10 Å². The summed E-state index contributed by atoms with van der Waals surface area (Å²) in [5.41, 5.74) is 2.90. The lowest BCUT2D eigenvalue weighted by Gasteiger charge is -2.52. The van der Waals surface area contributed by atoms with Gasteiger partial charge in [-0.25, -0.2) is 0 Å². The van der Waals surface area contributed by atoms with E-state index in [1.165, 1.54) is 56.1 Å². The van der Waals surface area contributed by atoms with E-state index >= 15 is 0 Å². The minimum absolute atomic E-state index is 0.0591. The molecule has 0 radical (unpaired) electrons. The molecule has 0 bridgehead atoms. The van der Waals surface area contributed by atoms with Crippen molar-refractivity contribution in [3.8, 4) is 0 Å². The van der Waals surface area contributed by atoms with Crippen LogP contribution >= 0.6 is 0 Å². The Kier molecular flexibility index (Phi) is 8.36. The topological polar surface area (TPSA) is 12.5 Å². The second-order valence-electron chi connectivity index (χ2n) is 10.6. The molecule has 2 nitrogen and oxygen atoms in total. The number of hydrogen-bond donors (Lipinski definition) is 0. The Labute approximate surface area is 191 Å². The molecule has 1 heterocycles. The maximum Gasteiger partial charge on any atom is 0.104 e. The first-order valence-electron chi connectivity index (χ1n) is 12.4. The Morgan fingerprint density at radius 2 is 1.32 bits per heavy atom. The molecule has 31 heavy (non-hydrogen) atoms. The highest BCUT2D eigenvalue weighted by atomic mass is 16.7. The van der Waals surface area contributed by atoms with Gasteiger partial charge in [-0.3, -0.25) is 4.84 Å². The smallest absolute Gasteiger partial charge is 0.104 e. The first-order valence-corrected chi connectivity index (χ1v) is 12.4. The summed E-state index contributed by atoms with van der Waals surface area (Å²) in [6, 6.07) is 21.9. The van der Waals surface area contributed by atoms with E-state index in [9.17, 15) is 0 Å². The van der Waals surface area contributed by atoms with Crippen molar-refractivity contribution in [3.63, 3.8) is 0 Å². The molecule has 2 atom stereocenters. The van der Waals surface area contributed by atoms with Crippen LogP contribution in [0.15, 0.2) is 60.7 Å². The zero-order chi connectivity index (χ0) is 22.3. The molecule has 2 aromatic carbocycles. The van der Waals surface area contributed by atoms with Crippen molar-refractivity contribution in [2.45, 2.75) is 109 Å². The predicted octanol–water partition coefficient (Wildman–Crippen LogP) is 8.46. The lowest BCUT2D eigenvalue weighted by Crippen LogP contribution is -2.58. The van der Waals surface area contributed by atoms with E-state index in [0.717, 1.165) is 6.42 Å². The molecule has 1 saturated heterocycles. The van der Waals surface area contributed by atoms with Gasteiger partial charge in [-0.15, -0.1) is 0 Å². The Morgan fingerprint density at radius 3 is 1.87 bits per heavy atom. The predicted molar refractivity (Wildman–Crippen MR) is 132 cm³/mol. The van der Waals surface area contributed by atoms with Crippen LogP contribution < -0.4 is 0 Å². The van der Waals surface area contributed by atoms with Gasteiger partial charge in [0, 0.05) is 11.1 Å². The van der Waals surface area contributed by atoms with Crippen LogP contribution in [0.25, 0.3) is 0 Å². The third kappa shape index (κ3) is 6.43. The molecule has 2 heteroatoms. The average Bonchev–Trinajstić information content (AvgIpc) is 2.75. The number of benzene rings is 2. The van der Waals surface area contributed by atoms with Crippen LogP contribution in [0, 0.1) is 0 Å². The lowest BCUT2D eigenvalue weighted by atomic mass is 9.82. The summed E-state index contributed by atoms with van der Waals surface area (Å²) in [4.78, 5) is 6.89. The zero-order valence-corrected chi connectivity index (χ0v) is 20.4. The fraction of sp³-hybridized carbons (Fsp3) is 0.586. The Bertz CT molecular complexity index is 752. The second-order valence-corrected chi connectivity index (χ2v) is 10.6. The number of piperidine rings is 1. The van der Waals surface area contributed by atoms with E-state index in [4.69, 9.17) is 4.84 Å². The third-order valence-corrected chi connectivity index (χ3v) is 7.01. The van der Waals surface area contributed by atoms with Crippen molar-refractivity contribution in [3.05, 3.63) is 71.8 Å². The molecule has 2 aromatic rings. The largest absolute Gasteiger partial charge is 0.290 e. The molecular weight excluding hydrogens is 378 g/mol. The van der Waals surface area contributed by atoms with Gasteiger partial charge in [-0.1, -0.05) is 74.0 Å². The molecule has 0 saturated carbocycles. The summed E-state index contributed by atoms with van der Waals surface area (Å²) in [6.45, 7) is 11.6. The molecule has 0 amide bonds. The normalized spacial score (nSPS) is 20.3. The van der Waals surface area contributed by atoms with Crippen molar-refractivity contribution >= 4 is 0 Å². The standard InChI is InChI=1S/C29H43NO/c1-6-15-24(25-16-9-7-10-17-25)20-13-21-27(26-18-11-8-12-19-26)31-30-28(2,3)22-14-23-29(30,4)5/h7-12,16-19,24,27H,6,13-15,20-23H2,1-5H3. The van der Waals surface area contributed by atoms with Crippen LogP contribution in [-0.4, -0.2) is 16.1 Å². The molecule has 0 N–H and O–H groups in total. The average molecular weight is 422 g/mol. The van der Waals surface area contributed by atoms with E-state index in [0.29, 0.717) is 5.92 Å². The minimum Gasteiger partial charge on any atom is -0.290 e. The van der Waals surface area contributed by atoms with Crippen molar-refractivity contribution in [1.29, 1.82) is 0 Å². The van der Waals surface area contributed by atoms with Gasteiger partial charge in [0.25, 0.3) is 0 Å². The monoisotopic (exact) mass is 421 g/mol. The van der Waals surface area contributed by atoms with Crippen LogP contribution in [0.3, 0.4) is 0 Å². The number of hydroxylamine groups is 2. The highest BCUT2D eigenvalue weighted by Crippen LogP contribution is 2.41. The van der Waals surface area contributed by atoms with Crippen LogP contribution in [0.5, 0.6) is 0 Å². The SMILES string of the molecule is CCCC(CCCC(ON1C(C)(C)CCCC1(C)C)c1ccccc1)c1ccccc1. The number of rotatable bonds is 10. The van der Waals surface area contributed by atoms with E-state index in [2.05, 4.69) is 100 Å². The van der Waals surface area contributed by atoms with Crippen molar-refractivity contribution in [2.75, 3.05) is 0 Å². The molecule has 1 fully saturated rings. The van der Waals surface area contributed by atoms with Crippen molar-refractivity contribution in [2.24, 2.45) is 0 Å². The first kappa shape index (κ1) is 24.0. The van der Waals surface area contributed by atoms with E-state index in [1.807, 2.05) is 0 Å². The van der Waals surface area contributed by atoms with Crippen LogP contribution in [0.4, 0.5) is 0 Å². The van der Waals surface area contributed by atoms with Gasteiger partial charge in [0.15, 0.2) is 0 Å². The van der Waals surface area contributed by atoms with Gasteiger partial charge >= 0.3 is 0 Å². The van der Waals surface area contributed by atoms with E-state index in [1.54, 1.807) is 0 Å². The minimum atomic E-state index is 0.0591. The summed E-state index contributed by atoms with van der Waals surface area (Å²) in [6.07, 6.45) is 9.68. The highest BCUT2D eigenvalue weighted by Gasteiger charge is 2.43. The van der Waals surface area contributed by atoms with E-state index in [-0.39, 0.29) is 17.2 Å². The summed E-state index contributed by atoms with van der Waals surface area (Å²) >= 11 is 0. The number of nitrogens with zero attached hydrogens (tertiary/aromatic N) is 1. The summed E-state index contributed by atoms with van der Waals surface area (Å²) < 4.78 is 0. The molecule has 1 aliphatic rings. The maximum absolute atomic E-state index is 6.89. The van der Waals surface area contributed by atoms with Crippen LogP contribution in [0.2, 0.25) is 0 Å². The molecule has 0 aliphatic carbocycles. The molecule has 1 aliphatic heterocycles. The Morgan fingerprint density at radius 1 is 0.774 bits per heavy atom. The van der Waals surface area contributed by atoms with Gasteiger partial charge < -0.3 is 0 Å². The third-order valence-electron chi connectivity index (χ3n) is 7.01. The first-order chi connectivity index (χ1) is 14.8. The molecule has 0 aromatic heterocycles. The summed E-state index contributed by atoms with van der Waals surface area (Å²) in [5.74, 6) is 0.644. The molecule has 0 spiro atoms. The van der Waals surface area contributed by atoms with Crippen LogP contribution in [-0.2, 0) is 4.84 Å². The van der Waals surface area contributed by atoms with Gasteiger partial charge in [-0.05, 0) is 89.7 Å². The fourth-order valence-electron chi connectivity index (χ4n) is 5.44. The summed E-state index contributed by atoms with van der Waals surface area (Å²) in [7, 11) is 0. The summed E-state index contributed by atoms with van der Waals surface area (Å²) in [5, 5.41) is 2.34. The van der Waals surface area contributed by atoms with Gasteiger partial charge in [0.2, 0.25) is 0 Å². The highest BCUT2D eigenvalue weighted by molar-refractivity contribution is 5.20. The quantitative estimate of drug-likeness (QED) is 0.381. The number of hydrogen-bond acceptors (Lipinski definition) is 2. The molecule has 170 valence electrons. The Balaban J connectivity index is 1.72. The van der Waals surface area contributed by atoms with Gasteiger partial charge in [-0.2, -0.15) is 5.06 Å². The zero-order valence-electron chi connectivity index (χ0n) is 20.4. The van der Waals surface area contributed by atoms with Crippen molar-refractivity contribution in [1.82, 2.24) is 5.06 Å². The van der Waals surface area contributed by atoms with E-state index < -0.39 is 0 Å². The second kappa shape index (κ2) is 10.8. The molecule has 2 unspecified atom stereocenters. The lowest BCUT2D eigenvalue weighted by molar-refractivity contribution is -0.308. The molecular formula is C29H43NO. The van der Waals surface area contributed by atoms with Gasteiger partial charge in [0.05, 0.1) is 0 Å². The fourth-order valence-corrected chi connectivity index (χ4v) is 5.44. The Hall–Kier alpha value is -1.64.